The molecule has 9 nitrogen and oxygen atoms in total. The minimum atomic E-state index is -5.08. The average molecular weight is 543 g/mol. The van der Waals surface area contributed by atoms with Crippen LogP contribution in [0.25, 0.3) is 0 Å². The number of hydrogen-bond donors (Lipinski definition) is 2. The van der Waals surface area contributed by atoms with Crippen LogP contribution in [0.5, 0.6) is 0 Å². The van der Waals surface area contributed by atoms with E-state index in [0.717, 1.165) is 37.5 Å². The topological polar surface area (TPSA) is 120 Å². The Morgan fingerprint density at radius 1 is 1.03 bits per heavy atom. The summed E-state index contributed by atoms with van der Waals surface area (Å²) in [5, 5.41) is 14.2. The molecule has 0 unspecified atom stereocenters. The first kappa shape index (κ1) is 30.3. The van der Waals surface area contributed by atoms with E-state index in [4.69, 9.17) is 24.5 Å². The van der Waals surface area contributed by atoms with E-state index in [1.54, 1.807) is 6.20 Å². The zero-order valence-electron chi connectivity index (χ0n) is 19.6. The van der Waals surface area contributed by atoms with E-state index < -0.39 is 24.3 Å². The molecule has 37 heavy (non-hydrogen) atoms. The molecule has 3 aliphatic rings. The van der Waals surface area contributed by atoms with Crippen molar-refractivity contribution in [3.63, 3.8) is 0 Å². The highest BCUT2D eigenvalue weighted by molar-refractivity contribution is 5.78. The van der Waals surface area contributed by atoms with Crippen LogP contribution in [-0.2, 0) is 25.7 Å². The van der Waals surface area contributed by atoms with Crippen molar-refractivity contribution >= 4 is 17.8 Å². The van der Waals surface area contributed by atoms with Crippen molar-refractivity contribution in [2.75, 3.05) is 32.8 Å². The number of likely N-dealkylation sites (tertiary alicyclic amines) is 1. The van der Waals surface area contributed by atoms with Gasteiger partial charge in [0.25, 0.3) is 0 Å². The average Bonchev–Trinajstić information content (AvgIpc) is 3.63. The van der Waals surface area contributed by atoms with Crippen molar-refractivity contribution in [3.8, 4) is 0 Å². The number of ether oxygens (including phenoxy) is 1. The molecule has 15 heteroatoms. The van der Waals surface area contributed by atoms with Crippen LogP contribution in [0, 0.1) is 5.92 Å². The third-order valence-electron chi connectivity index (χ3n) is 5.88. The summed E-state index contributed by atoms with van der Waals surface area (Å²) in [5.41, 5.74) is 0.812. The molecule has 1 spiro atoms. The number of halogens is 6. The fourth-order valence-electron chi connectivity index (χ4n) is 3.73. The second-order valence-electron chi connectivity index (χ2n) is 8.89. The molecule has 1 aromatic rings. The lowest BCUT2D eigenvalue weighted by atomic mass is 9.89. The summed E-state index contributed by atoms with van der Waals surface area (Å²) < 4.78 is 69.5. The van der Waals surface area contributed by atoms with Crippen molar-refractivity contribution in [3.05, 3.63) is 30.1 Å². The Labute approximate surface area is 208 Å². The number of piperidine rings is 1. The molecule has 1 aromatic heterocycles. The van der Waals surface area contributed by atoms with Gasteiger partial charge in [-0.15, -0.1) is 0 Å². The highest BCUT2D eigenvalue weighted by Crippen LogP contribution is 2.34. The van der Waals surface area contributed by atoms with E-state index in [1.807, 2.05) is 23.1 Å². The number of hydrogen-bond acceptors (Lipinski definition) is 6. The molecule has 0 radical (unpaired) electrons. The number of nitrogens with zero attached hydrogens (tertiary/aromatic N) is 3. The zero-order valence-corrected chi connectivity index (χ0v) is 19.6. The molecule has 2 aliphatic heterocycles. The monoisotopic (exact) mass is 543 g/mol. The Hall–Kier alpha value is -2.94. The number of aliphatic carboxylic acids is 2. The van der Waals surface area contributed by atoms with Gasteiger partial charge in [0.15, 0.2) is 0 Å². The summed E-state index contributed by atoms with van der Waals surface area (Å²) in [7, 11) is 0. The molecule has 2 saturated heterocycles. The molecule has 2 N–H and O–H groups in total. The normalized spacial score (nSPS) is 19.8. The van der Waals surface area contributed by atoms with E-state index >= 15 is 0 Å². The fraction of sp³-hybridized carbons (Fsp3) is 0.636. The van der Waals surface area contributed by atoms with Gasteiger partial charge in [-0.25, -0.2) is 9.59 Å². The van der Waals surface area contributed by atoms with Gasteiger partial charge < -0.3 is 24.7 Å². The molecular weight excluding hydrogens is 516 g/mol. The van der Waals surface area contributed by atoms with Crippen molar-refractivity contribution in [2.24, 2.45) is 5.92 Å². The van der Waals surface area contributed by atoms with Gasteiger partial charge in [-0.05, 0) is 43.7 Å². The molecule has 3 heterocycles. The number of pyridine rings is 1. The van der Waals surface area contributed by atoms with Crippen LogP contribution < -0.4 is 0 Å². The molecular formula is C22H27F6N3O6. The molecule has 1 aliphatic carbocycles. The lowest BCUT2D eigenvalue weighted by Crippen LogP contribution is -2.58. The number of carbonyl (C=O) groups excluding carboxylic acids is 1. The van der Waals surface area contributed by atoms with E-state index in [9.17, 15) is 31.1 Å². The molecule has 0 bridgehead atoms. The highest BCUT2D eigenvalue weighted by Gasteiger charge is 2.43. The summed E-state index contributed by atoms with van der Waals surface area (Å²) in [4.78, 5) is 38.9. The van der Waals surface area contributed by atoms with Crippen LogP contribution in [0.2, 0.25) is 0 Å². The van der Waals surface area contributed by atoms with Crippen molar-refractivity contribution < 1.29 is 55.7 Å². The van der Waals surface area contributed by atoms with Gasteiger partial charge >= 0.3 is 24.3 Å². The fourth-order valence-corrected chi connectivity index (χ4v) is 3.73. The number of alkyl halides is 6. The van der Waals surface area contributed by atoms with Gasteiger partial charge in [-0.1, -0.05) is 6.07 Å². The zero-order chi connectivity index (χ0) is 27.9. The Balaban J connectivity index is 0.000000286. The summed E-state index contributed by atoms with van der Waals surface area (Å²) in [6.45, 7) is 4.97. The molecule has 1 amide bonds. The maximum Gasteiger partial charge on any atom is 0.490 e. The van der Waals surface area contributed by atoms with E-state index in [1.165, 1.54) is 19.4 Å². The van der Waals surface area contributed by atoms with E-state index in [0.29, 0.717) is 13.1 Å². The Bertz CT molecular complexity index is 892. The third kappa shape index (κ3) is 10.5. The van der Waals surface area contributed by atoms with Gasteiger partial charge in [-0.2, -0.15) is 26.3 Å². The number of rotatable bonds is 4. The first-order valence-electron chi connectivity index (χ1n) is 11.3. The van der Waals surface area contributed by atoms with Crippen LogP contribution in [0.15, 0.2) is 24.4 Å². The number of carboxylic acids is 2. The van der Waals surface area contributed by atoms with Crippen LogP contribution in [0.3, 0.4) is 0 Å². The molecule has 4 rings (SSSR count). The lowest BCUT2D eigenvalue weighted by molar-refractivity contribution is -0.193. The van der Waals surface area contributed by atoms with Crippen LogP contribution in [0.4, 0.5) is 26.3 Å². The third-order valence-corrected chi connectivity index (χ3v) is 5.88. The number of morpholine rings is 1. The minimum Gasteiger partial charge on any atom is -0.475 e. The summed E-state index contributed by atoms with van der Waals surface area (Å²) in [6, 6.07) is 5.86. The summed E-state index contributed by atoms with van der Waals surface area (Å²) >= 11 is 0. The molecule has 0 aromatic carbocycles. The van der Waals surface area contributed by atoms with E-state index in [2.05, 4.69) is 9.88 Å². The maximum absolute atomic E-state index is 12.2. The number of aromatic nitrogens is 1. The molecule has 1 saturated carbocycles. The lowest BCUT2D eigenvalue weighted by Gasteiger charge is -2.47. The first-order valence-corrected chi connectivity index (χ1v) is 11.3. The highest BCUT2D eigenvalue weighted by atomic mass is 19.4. The van der Waals surface area contributed by atoms with E-state index in [-0.39, 0.29) is 18.1 Å². The standard InChI is InChI=1S/C18H25N3O2.2C2HF3O2/c22-17-13-23-18(6-9-20(10-7-18)11-15-4-5-15)14-21(17)12-16-3-1-2-8-19-16;2*3-2(4,5)1(6)7/h1-3,8,15H,4-7,9-14H2;2*(H,6,7). The number of carboxylic acid groups (broad SMARTS) is 2. The second-order valence-corrected chi connectivity index (χ2v) is 8.89. The molecule has 208 valence electrons. The number of amides is 1. The van der Waals surface area contributed by atoms with Crippen LogP contribution in [0.1, 0.15) is 31.4 Å². The van der Waals surface area contributed by atoms with Crippen molar-refractivity contribution in [1.82, 2.24) is 14.8 Å². The second kappa shape index (κ2) is 12.5. The van der Waals surface area contributed by atoms with Gasteiger partial charge in [0, 0.05) is 25.8 Å². The first-order chi connectivity index (χ1) is 17.1. The summed E-state index contributed by atoms with van der Waals surface area (Å²) in [6.07, 6.45) is -3.50. The maximum atomic E-state index is 12.2. The predicted octanol–water partition coefficient (Wildman–Crippen LogP) is 2.95. The Morgan fingerprint density at radius 3 is 2.00 bits per heavy atom. The molecule has 3 fully saturated rings. The predicted molar refractivity (Wildman–Crippen MR) is 114 cm³/mol. The quantitative estimate of drug-likeness (QED) is 0.557. The van der Waals surface area contributed by atoms with Gasteiger partial charge in [0.2, 0.25) is 5.91 Å². The SMILES string of the molecule is O=C(O)C(F)(F)F.O=C(O)C(F)(F)F.O=C1COC2(CCN(CC3CC3)CC2)CN1Cc1ccccn1. The van der Waals surface area contributed by atoms with Gasteiger partial charge in [0.05, 0.1) is 24.4 Å². The smallest absolute Gasteiger partial charge is 0.475 e. The Morgan fingerprint density at radius 2 is 1.57 bits per heavy atom. The largest absolute Gasteiger partial charge is 0.490 e. The minimum absolute atomic E-state index is 0.0849. The van der Waals surface area contributed by atoms with Gasteiger partial charge in [-0.3, -0.25) is 9.78 Å². The van der Waals surface area contributed by atoms with Crippen LogP contribution >= 0.6 is 0 Å². The van der Waals surface area contributed by atoms with Crippen LogP contribution in [-0.4, -0.2) is 93.6 Å². The van der Waals surface area contributed by atoms with Crippen molar-refractivity contribution in [2.45, 2.75) is 50.2 Å². The number of carbonyl (C=O) groups is 3. The molecule has 0 atom stereocenters. The van der Waals surface area contributed by atoms with Gasteiger partial charge in [0.1, 0.15) is 6.61 Å². The summed E-state index contributed by atoms with van der Waals surface area (Å²) in [5.74, 6) is -4.49. The Kier molecular flexibility index (Phi) is 10.3. The van der Waals surface area contributed by atoms with Crippen molar-refractivity contribution in [1.29, 1.82) is 0 Å².